The Kier molecular flexibility index (Phi) is 3.19. The van der Waals surface area contributed by atoms with Gasteiger partial charge in [0.25, 0.3) is 0 Å². The molecule has 2 rings (SSSR count). The van der Waals surface area contributed by atoms with Crippen LogP contribution in [0.4, 0.5) is 0 Å². The van der Waals surface area contributed by atoms with Crippen molar-refractivity contribution < 1.29 is 0 Å². The van der Waals surface area contributed by atoms with Gasteiger partial charge in [0.2, 0.25) is 0 Å². The first-order valence-electron chi connectivity index (χ1n) is 5.45. The van der Waals surface area contributed by atoms with E-state index in [1.54, 1.807) is 11.3 Å². The molecule has 0 aliphatic heterocycles. The minimum atomic E-state index is 0.189. The molecule has 0 radical (unpaired) electrons. The van der Waals surface area contributed by atoms with Gasteiger partial charge < -0.3 is 5.73 Å². The Morgan fingerprint density at radius 1 is 1.43 bits per heavy atom. The average Bonchev–Trinajstić information content (AvgIpc) is 2.65. The van der Waals surface area contributed by atoms with E-state index in [2.05, 4.69) is 11.9 Å². The minimum Gasteiger partial charge on any atom is -0.322 e. The molecular formula is C11H18N2S. The highest BCUT2D eigenvalue weighted by Crippen LogP contribution is 2.34. The van der Waals surface area contributed by atoms with Crippen molar-refractivity contribution in [3.05, 3.63) is 16.1 Å². The number of aromatic nitrogens is 1. The summed E-state index contributed by atoms with van der Waals surface area (Å²) in [6.07, 6.45) is 8.60. The summed E-state index contributed by atoms with van der Waals surface area (Å²) >= 11 is 1.75. The number of hydrogen-bond donors (Lipinski definition) is 1. The zero-order valence-corrected chi connectivity index (χ0v) is 9.52. The van der Waals surface area contributed by atoms with E-state index in [-0.39, 0.29) is 6.04 Å². The molecule has 2 nitrogen and oxygen atoms in total. The number of nitrogens with two attached hydrogens (primary N) is 1. The summed E-state index contributed by atoms with van der Waals surface area (Å²) in [6.45, 7) is 2.09. The van der Waals surface area contributed by atoms with Crippen LogP contribution in [0.25, 0.3) is 0 Å². The molecule has 3 heteroatoms. The van der Waals surface area contributed by atoms with Crippen molar-refractivity contribution in [3.8, 4) is 0 Å². The van der Waals surface area contributed by atoms with E-state index in [9.17, 15) is 0 Å². The summed E-state index contributed by atoms with van der Waals surface area (Å²) in [5.74, 6) is 0.675. The molecule has 1 aromatic heterocycles. The van der Waals surface area contributed by atoms with Crippen LogP contribution in [0, 0.1) is 12.8 Å². The largest absolute Gasteiger partial charge is 0.322 e. The summed E-state index contributed by atoms with van der Waals surface area (Å²) in [5.41, 5.74) is 6.23. The van der Waals surface area contributed by atoms with Crippen molar-refractivity contribution >= 4 is 11.3 Å². The SMILES string of the molecule is Cc1cnc(C(N)C2CCCCC2)s1. The third-order valence-electron chi connectivity index (χ3n) is 3.08. The maximum absolute atomic E-state index is 6.23. The summed E-state index contributed by atoms with van der Waals surface area (Å²) in [4.78, 5) is 5.65. The highest BCUT2D eigenvalue weighted by atomic mass is 32.1. The van der Waals surface area contributed by atoms with E-state index in [1.165, 1.54) is 37.0 Å². The van der Waals surface area contributed by atoms with Gasteiger partial charge in [0.1, 0.15) is 5.01 Å². The number of aryl methyl sites for hydroxylation is 1. The topological polar surface area (TPSA) is 38.9 Å². The lowest BCUT2D eigenvalue weighted by Crippen LogP contribution is -2.23. The fraction of sp³-hybridized carbons (Fsp3) is 0.727. The van der Waals surface area contributed by atoms with Crippen molar-refractivity contribution in [2.24, 2.45) is 11.7 Å². The van der Waals surface area contributed by atoms with E-state index in [4.69, 9.17) is 5.73 Å². The normalized spacial score (nSPS) is 21.0. The van der Waals surface area contributed by atoms with Gasteiger partial charge in [0, 0.05) is 11.1 Å². The molecule has 1 heterocycles. The predicted octanol–water partition coefficient (Wildman–Crippen LogP) is 3.03. The number of rotatable bonds is 2. The Morgan fingerprint density at radius 2 is 2.14 bits per heavy atom. The zero-order valence-electron chi connectivity index (χ0n) is 8.70. The summed E-state index contributed by atoms with van der Waals surface area (Å²) in [6, 6.07) is 0.189. The van der Waals surface area contributed by atoms with E-state index < -0.39 is 0 Å². The summed E-state index contributed by atoms with van der Waals surface area (Å²) in [7, 11) is 0. The first kappa shape index (κ1) is 10.1. The number of thiazole rings is 1. The van der Waals surface area contributed by atoms with Gasteiger partial charge in [-0.3, -0.25) is 0 Å². The highest BCUT2D eigenvalue weighted by molar-refractivity contribution is 7.11. The maximum atomic E-state index is 6.23. The van der Waals surface area contributed by atoms with E-state index in [1.807, 2.05) is 6.20 Å². The van der Waals surface area contributed by atoms with Gasteiger partial charge in [-0.25, -0.2) is 4.98 Å². The molecule has 1 saturated carbocycles. The summed E-state index contributed by atoms with van der Waals surface area (Å²) < 4.78 is 0. The average molecular weight is 210 g/mol. The molecular weight excluding hydrogens is 192 g/mol. The van der Waals surface area contributed by atoms with Crippen LogP contribution in [0.1, 0.15) is 48.0 Å². The first-order valence-corrected chi connectivity index (χ1v) is 6.27. The van der Waals surface area contributed by atoms with Crippen molar-refractivity contribution in [3.63, 3.8) is 0 Å². The van der Waals surface area contributed by atoms with E-state index in [0.29, 0.717) is 5.92 Å². The maximum Gasteiger partial charge on any atom is 0.110 e. The second kappa shape index (κ2) is 4.41. The van der Waals surface area contributed by atoms with Crippen molar-refractivity contribution in [1.82, 2.24) is 4.98 Å². The van der Waals surface area contributed by atoms with Crippen molar-refractivity contribution in [2.45, 2.75) is 45.1 Å². The molecule has 0 spiro atoms. The summed E-state index contributed by atoms with van der Waals surface area (Å²) in [5, 5.41) is 1.13. The standard InChI is InChI=1S/C11H18N2S/c1-8-7-13-11(14-8)10(12)9-5-3-2-4-6-9/h7,9-10H,2-6,12H2,1H3. The van der Waals surface area contributed by atoms with Gasteiger partial charge in [-0.15, -0.1) is 11.3 Å². The Labute approximate surface area is 89.5 Å². The molecule has 1 aromatic rings. The van der Waals surface area contributed by atoms with Crippen LogP contribution in [-0.4, -0.2) is 4.98 Å². The highest BCUT2D eigenvalue weighted by Gasteiger charge is 2.23. The lowest BCUT2D eigenvalue weighted by atomic mass is 9.84. The molecule has 1 atom stereocenters. The lowest BCUT2D eigenvalue weighted by molar-refractivity contribution is 0.308. The van der Waals surface area contributed by atoms with Crippen LogP contribution in [-0.2, 0) is 0 Å². The van der Waals surface area contributed by atoms with Crippen LogP contribution < -0.4 is 5.73 Å². The van der Waals surface area contributed by atoms with E-state index in [0.717, 1.165) is 5.01 Å². The van der Waals surface area contributed by atoms with Gasteiger partial charge in [0.15, 0.2) is 0 Å². The smallest absolute Gasteiger partial charge is 0.110 e. The third kappa shape index (κ3) is 2.15. The van der Waals surface area contributed by atoms with Crippen molar-refractivity contribution in [2.75, 3.05) is 0 Å². The monoisotopic (exact) mass is 210 g/mol. The molecule has 1 aliphatic rings. The van der Waals surface area contributed by atoms with E-state index >= 15 is 0 Å². The molecule has 0 amide bonds. The molecule has 78 valence electrons. The van der Waals surface area contributed by atoms with Crippen LogP contribution >= 0.6 is 11.3 Å². The fourth-order valence-electron chi connectivity index (χ4n) is 2.22. The van der Waals surface area contributed by atoms with Gasteiger partial charge in [-0.05, 0) is 25.7 Å². The molecule has 1 aliphatic carbocycles. The van der Waals surface area contributed by atoms with Crippen LogP contribution in [0.5, 0.6) is 0 Å². The molecule has 14 heavy (non-hydrogen) atoms. The van der Waals surface area contributed by atoms with Gasteiger partial charge >= 0.3 is 0 Å². The molecule has 1 fully saturated rings. The lowest BCUT2D eigenvalue weighted by Gasteiger charge is -2.25. The first-order chi connectivity index (χ1) is 6.77. The minimum absolute atomic E-state index is 0.189. The Bertz CT molecular complexity index is 289. The fourth-order valence-corrected chi connectivity index (χ4v) is 3.09. The zero-order chi connectivity index (χ0) is 9.97. The predicted molar refractivity (Wildman–Crippen MR) is 60.4 cm³/mol. The Morgan fingerprint density at radius 3 is 2.71 bits per heavy atom. The van der Waals surface area contributed by atoms with Crippen LogP contribution in [0.3, 0.4) is 0 Å². The second-order valence-corrected chi connectivity index (χ2v) is 5.50. The van der Waals surface area contributed by atoms with Gasteiger partial charge in [-0.2, -0.15) is 0 Å². The molecule has 1 unspecified atom stereocenters. The molecule has 2 N–H and O–H groups in total. The third-order valence-corrected chi connectivity index (χ3v) is 4.10. The quantitative estimate of drug-likeness (QED) is 0.815. The van der Waals surface area contributed by atoms with Gasteiger partial charge in [0.05, 0.1) is 6.04 Å². The van der Waals surface area contributed by atoms with Gasteiger partial charge in [-0.1, -0.05) is 19.3 Å². The number of hydrogen-bond acceptors (Lipinski definition) is 3. The Balaban J connectivity index is 2.03. The van der Waals surface area contributed by atoms with Crippen molar-refractivity contribution in [1.29, 1.82) is 0 Å². The molecule has 0 bridgehead atoms. The van der Waals surface area contributed by atoms with Crippen LogP contribution in [0.2, 0.25) is 0 Å². The molecule has 0 aromatic carbocycles. The Hall–Kier alpha value is -0.410. The molecule has 0 saturated heterocycles. The van der Waals surface area contributed by atoms with Crippen LogP contribution in [0.15, 0.2) is 6.20 Å². The number of nitrogens with zero attached hydrogens (tertiary/aromatic N) is 1. The second-order valence-electron chi connectivity index (χ2n) is 4.23.